The van der Waals surface area contributed by atoms with E-state index in [1.165, 1.54) is 6.92 Å². The van der Waals surface area contributed by atoms with Crippen molar-refractivity contribution in [1.29, 1.82) is 0 Å². The van der Waals surface area contributed by atoms with Crippen molar-refractivity contribution in [2.45, 2.75) is 119 Å². The van der Waals surface area contributed by atoms with Crippen LogP contribution in [-0.2, 0) is 19.1 Å². The largest absolute Gasteiger partial charge is 0.462 e. The second-order valence-corrected chi connectivity index (χ2v) is 15.1. The van der Waals surface area contributed by atoms with Gasteiger partial charge < -0.3 is 4.74 Å². The molecule has 7 atom stereocenters. The molecule has 0 aromatic rings. The number of ketones is 2. The number of carbonyl (C=O) groups is 3. The fraction of sp³-hybridized carbons (Fsp3) is 0.839. The minimum absolute atomic E-state index is 0.0474. The van der Waals surface area contributed by atoms with Crippen LogP contribution in [-0.4, -0.2) is 23.6 Å². The lowest BCUT2D eigenvalue weighted by Crippen LogP contribution is -2.62. The molecule has 0 aliphatic heterocycles. The van der Waals surface area contributed by atoms with Crippen molar-refractivity contribution in [3.8, 4) is 0 Å². The molecule has 0 N–H and O–H groups in total. The molecule has 4 heteroatoms. The quantitative estimate of drug-likeness (QED) is 0.383. The van der Waals surface area contributed by atoms with E-state index in [0.717, 1.165) is 56.1 Å². The van der Waals surface area contributed by atoms with Gasteiger partial charge in [0, 0.05) is 41.7 Å². The molecule has 5 rings (SSSR count). The van der Waals surface area contributed by atoms with Gasteiger partial charge in [-0.1, -0.05) is 48.5 Å². The summed E-state index contributed by atoms with van der Waals surface area (Å²) >= 11 is 0. The summed E-state index contributed by atoms with van der Waals surface area (Å²) in [4.78, 5) is 39.9. The van der Waals surface area contributed by atoms with E-state index in [2.05, 4.69) is 48.5 Å². The maximum Gasteiger partial charge on any atom is 0.302 e. The van der Waals surface area contributed by atoms with E-state index < -0.39 is 0 Å². The van der Waals surface area contributed by atoms with Crippen molar-refractivity contribution in [1.82, 2.24) is 0 Å². The highest BCUT2D eigenvalue weighted by atomic mass is 16.5. The van der Waals surface area contributed by atoms with Crippen LogP contribution in [0.2, 0.25) is 0 Å². The predicted octanol–water partition coefficient (Wildman–Crippen LogP) is 6.85. The molecule has 7 unspecified atom stereocenters. The Balaban J connectivity index is 1.58. The molecule has 0 aromatic carbocycles. The van der Waals surface area contributed by atoms with Crippen LogP contribution in [0.15, 0.2) is 11.1 Å². The van der Waals surface area contributed by atoms with Crippen molar-refractivity contribution in [3.05, 3.63) is 11.1 Å². The van der Waals surface area contributed by atoms with Crippen LogP contribution >= 0.6 is 0 Å². The molecule has 0 radical (unpaired) electrons. The molecular formula is C31H46O4. The highest BCUT2D eigenvalue weighted by molar-refractivity contribution is 6.10. The van der Waals surface area contributed by atoms with Crippen molar-refractivity contribution in [2.24, 2.45) is 44.8 Å². The van der Waals surface area contributed by atoms with Crippen molar-refractivity contribution >= 4 is 17.5 Å². The van der Waals surface area contributed by atoms with E-state index in [0.29, 0.717) is 18.8 Å². The fourth-order valence-electron chi connectivity index (χ4n) is 10.1. The van der Waals surface area contributed by atoms with Gasteiger partial charge >= 0.3 is 5.97 Å². The van der Waals surface area contributed by atoms with Gasteiger partial charge in [-0.2, -0.15) is 0 Å². The highest BCUT2D eigenvalue weighted by Gasteiger charge is 2.66. The second kappa shape index (κ2) is 7.54. The summed E-state index contributed by atoms with van der Waals surface area (Å²) in [5, 5.41) is 0. The molecule has 194 valence electrons. The second-order valence-electron chi connectivity index (χ2n) is 15.1. The molecule has 3 saturated carbocycles. The summed E-state index contributed by atoms with van der Waals surface area (Å²) in [7, 11) is 0. The Kier molecular flexibility index (Phi) is 5.43. The Labute approximate surface area is 212 Å². The average molecular weight is 483 g/mol. The molecule has 5 aliphatic carbocycles. The summed E-state index contributed by atoms with van der Waals surface area (Å²) in [6, 6.07) is 0. The predicted molar refractivity (Wildman–Crippen MR) is 136 cm³/mol. The number of carbonyl (C=O) groups excluding carboxylic acids is 3. The standard InChI is InChI=1S/C31H46O4/c1-18(32)35-24-10-12-30(7)22(28(24,4)5)9-11-31(8)23(30)15-20(33)25-19-16-27(2,3)13-14-29(19,6)17-21(34)26(25)31/h19,22-24H,9-17H2,1-8H3. The molecule has 0 aromatic heterocycles. The van der Waals surface area contributed by atoms with Gasteiger partial charge in [-0.05, 0) is 78.9 Å². The summed E-state index contributed by atoms with van der Waals surface area (Å²) in [6.45, 7) is 17.6. The first-order valence-corrected chi connectivity index (χ1v) is 14.0. The van der Waals surface area contributed by atoms with Crippen LogP contribution in [0.3, 0.4) is 0 Å². The normalized spacial score (nSPS) is 46.2. The number of allylic oxidation sites excluding steroid dienone is 2. The third kappa shape index (κ3) is 3.47. The summed E-state index contributed by atoms with van der Waals surface area (Å²) in [6.07, 6.45) is 7.98. The zero-order valence-corrected chi connectivity index (χ0v) is 23.3. The van der Waals surface area contributed by atoms with Crippen LogP contribution < -0.4 is 0 Å². The monoisotopic (exact) mass is 482 g/mol. The lowest BCUT2D eigenvalue weighted by molar-refractivity contribution is -0.191. The highest BCUT2D eigenvalue weighted by Crippen LogP contribution is 2.70. The van der Waals surface area contributed by atoms with Gasteiger partial charge in [0.2, 0.25) is 0 Å². The van der Waals surface area contributed by atoms with Gasteiger partial charge in [0.05, 0.1) is 0 Å². The number of rotatable bonds is 1. The van der Waals surface area contributed by atoms with E-state index >= 15 is 0 Å². The minimum Gasteiger partial charge on any atom is -0.462 e. The van der Waals surface area contributed by atoms with Crippen LogP contribution in [0.25, 0.3) is 0 Å². The van der Waals surface area contributed by atoms with E-state index in [4.69, 9.17) is 4.74 Å². The average Bonchev–Trinajstić information content (AvgIpc) is 2.72. The maximum atomic E-state index is 14.1. The van der Waals surface area contributed by atoms with Gasteiger partial charge in [-0.25, -0.2) is 0 Å². The number of hydrogen-bond donors (Lipinski definition) is 0. The number of hydrogen-bond acceptors (Lipinski definition) is 4. The number of ether oxygens (including phenoxy) is 1. The van der Waals surface area contributed by atoms with Crippen LogP contribution in [0.1, 0.15) is 113 Å². The Morgan fingerprint density at radius 2 is 1.54 bits per heavy atom. The minimum atomic E-state index is -0.237. The maximum absolute atomic E-state index is 14.1. The summed E-state index contributed by atoms with van der Waals surface area (Å²) in [5.74, 6) is 1.05. The molecule has 0 heterocycles. The Hall–Kier alpha value is -1.45. The molecule has 3 fully saturated rings. The van der Waals surface area contributed by atoms with E-state index in [1.54, 1.807) is 0 Å². The first-order valence-electron chi connectivity index (χ1n) is 14.0. The Morgan fingerprint density at radius 3 is 2.20 bits per heavy atom. The molecule has 35 heavy (non-hydrogen) atoms. The van der Waals surface area contributed by atoms with E-state index in [9.17, 15) is 14.4 Å². The van der Waals surface area contributed by atoms with Crippen LogP contribution in [0, 0.1) is 44.8 Å². The summed E-state index contributed by atoms with van der Waals surface area (Å²) in [5.41, 5.74) is 1.57. The fourth-order valence-corrected chi connectivity index (χ4v) is 10.1. The van der Waals surface area contributed by atoms with Gasteiger partial charge in [-0.3, -0.25) is 14.4 Å². The SMILES string of the molecule is CC(=O)OC1CCC2(C)C3CC(=O)C4=C(C(=O)CC5(C)CCC(C)(C)CC45)C3(C)CCC2C1(C)C. The molecule has 4 nitrogen and oxygen atoms in total. The molecule has 0 bridgehead atoms. The molecule has 5 aliphatic rings. The third-order valence-corrected chi connectivity index (χ3v) is 12.0. The Morgan fingerprint density at radius 1 is 0.857 bits per heavy atom. The van der Waals surface area contributed by atoms with Gasteiger partial charge in [-0.15, -0.1) is 0 Å². The van der Waals surface area contributed by atoms with Gasteiger partial charge in [0.25, 0.3) is 0 Å². The molecule has 0 spiro atoms. The number of fused-ring (bicyclic) bond motifs is 6. The van der Waals surface area contributed by atoms with E-state index in [-0.39, 0.29) is 62.6 Å². The Bertz CT molecular complexity index is 1020. The molecular weight excluding hydrogens is 436 g/mol. The lowest BCUT2D eigenvalue weighted by atomic mass is 9.38. The first-order chi connectivity index (χ1) is 16.1. The molecule has 0 saturated heterocycles. The molecule has 0 amide bonds. The smallest absolute Gasteiger partial charge is 0.302 e. The zero-order chi connectivity index (χ0) is 25.8. The summed E-state index contributed by atoms with van der Waals surface area (Å²) < 4.78 is 5.81. The zero-order valence-electron chi connectivity index (χ0n) is 23.3. The van der Waals surface area contributed by atoms with Crippen molar-refractivity contribution in [3.63, 3.8) is 0 Å². The topological polar surface area (TPSA) is 60.4 Å². The van der Waals surface area contributed by atoms with Crippen LogP contribution in [0.4, 0.5) is 0 Å². The van der Waals surface area contributed by atoms with Gasteiger partial charge in [0.15, 0.2) is 11.6 Å². The number of esters is 1. The number of Topliss-reactive ketones (excluding diaryl/α,β-unsaturated/α-hetero) is 2. The lowest BCUT2D eigenvalue weighted by Gasteiger charge is -2.66. The van der Waals surface area contributed by atoms with Gasteiger partial charge in [0.1, 0.15) is 6.10 Å². The van der Waals surface area contributed by atoms with E-state index in [1.807, 2.05) is 0 Å². The first kappa shape index (κ1) is 25.2. The third-order valence-electron chi connectivity index (χ3n) is 12.0. The van der Waals surface area contributed by atoms with Crippen LogP contribution in [0.5, 0.6) is 0 Å². The van der Waals surface area contributed by atoms with Crippen molar-refractivity contribution < 1.29 is 19.1 Å². The van der Waals surface area contributed by atoms with Crippen molar-refractivity contribution in [2.75, 3.05) is 0 Å².